The molecule has 0 aromatic heterocycles. The predicted molar refractivity (Wildman–Crippen MR) is 86.5 cm³/mol. The number of carbonyl (C=O) groups is 2. The summed E-state index contributed by atoms with van der Waals surface area (Å²) in [7, 11) is 0. The number of anilines is 1. The largest absolute Gasteiger partial charge is 0.342 e. The van der Waals surface area contributed by atoms with Gasteiger partial charge in [-0.05, 0) is 24.6 Å². The molecule has 0 heterocycles. The van der Waals surface area contributed by atoms with Crippen LogP contribution in [0.3, 0.4) is 0 Å². The van der Waals surface area contributed by atoms with Crippen molar-refractivity contribution in [1.29, 1.82) is 0 Å². The summed E-state index contributed by atoms with van der Waals surface area (Å²) in [6.07, 6.45) is 3.48. The lowest BCUT2D eigenvalue weighted by Crippen LogP contribution is -2.32. The fourth-order valence-electron chi connectivity index (χ4n) is 2.01. The third-order valence-corrected chi connectivity index (χ3v) is 3.43. The lowest BCUT2D eigenvalue weighted by atomic mass is 10.2. The fourth-order valence-corrected chi connectivity index (χ4v) is 2.20. The topological polar surface area (TPSA) is 49.4 Å². The van der Waals surface area contributed by atoms with Crippen molar-refractivity contribution >= 4 is 29.1 Å². The first-order chi connectivity index (χ1) is 10.0. The predicted octanol–water partition coefficient (Wildman–Crippen LogP) is 3.71. The summed E-state index contributed by atoms with van der Waals surface area (Å²) in [5.74, 6) is -0.0966. The molecule has 0 aliphatic rings. The van der Waals surface area contributed by atoms with Crippen LogP contribution in [0.4, 0.5) is 5.69 Å². The first-order valence-electron chi connectivity index (χ1n) is 7.34. The van der Waals surface area contributed by atoms with Gasteiger partial charge in [-0.15, -0.1) is 0 Å². The highest BCUT2D eigenvalue weighted by molar-refractivity contribution is 6.30. The van der Waals surface area contributed by atoms with Crippen LogP contribution in [0, 0.1) is 0 Å². The molecule has 0 atom stereocenters. The number of halogens is 1. The molecule has 0 aliphatic heterocycles. The van der Waals surface area contributed by atoms with Gasteiger partial charge in [0.1, 0.15) is 0 Å². The highest BCUT2D eigenvalue weighted by Crippen LogP contribution is 2.15. The van der Waals surface area contributed by atoms with Crippen molar-refractivity contribution in [1.82, 2.24) is 4.90 Å². The van der Waals surface area contributed by atoms with Gasteiger partial charge in [0.05, 0.1) is 0 Å². The van der Waals surface area contributed by atoms with E-state index >= 15 is 0 Å². The zero-order valence-electron chi connectivity index (χ0n) is 12.7. The second-order valence-electron chi connectivity index (χ2n) is 5.02. The van der Waals surface area contributed by atoms with Crippen LogP contribution in [-0.2, 0) is 9.59 Å². The summed E-state index contributed by atoms with van der Waals surface area (Å²) in [5, 5.41) is 3.36. The lowest BCUT2D eigenvalue weighted by Gasteiger charge is -2.20. The highest BCUT2D eigenvalue weighted by Gasteiger charge is 2.11. The van der Waals surface area contributed by atoms with Gasteiger partial charge in [-0.3, -0.25) is 9.59 Å². The van der Waals surface area contributed by atoms with Crippen LogP contribution in [0.1, 0.15) is 39.5 Å². The van der Waals surface area contributed by atoms with Crippen LogP contribution in [0.5, 0.6) is 0 Å². The van der Waals surface area contributed by atoms with E-state index in [4.69, 9.17) is 11.6 Å². The van der Waals surface area contributed by atoms with Gasteiger partial charge < -0.3 is 10.2 Å². The molecule has 5 heteroatoms. The van der Waals surface area contributed by atoms with Crippen molar-refractivity contribution in [2.45, 2.75) is 39.5 Å². The standard InChI is InChI=1S/C16H23ClN2O2/c1-3-4-5-10-19(13(2)20)11-9-16(21)18-15-8-6-7-14(17)12-15/h6-8,12H,3-5,9-11H2,1-2H3,(H,18,21). The molecule has 116 valence electrons. The Hall–Kier alpha value is -1.55. The van der Waals surface area contributed by atoms with Crippen LogP contribution < -0.4 is 5.32 Å². The van der Waals surface area contributed by atoms with Crippen LogP contribution in [0.2, 0.25) is 5.02 Å². The quantitative estimate of drug-likeness (QED) is 0.744. The fraction of sp³-hybridized carbons (Fsp3) is 0.500. The minimum atomic E-state index is -0.112. The monoisotopic (exact) mass is 310 g/mol. The molecule has 1 aromatic rings. The second kappa shape index (κ2) is 9.40. The van der Waals surface area contributed by atoms with Crippen LogP contribution >= 0.6 is 11.6 Å². The Kier molecular flexibility index (Phi) is 7.83. The molecule has 1 N–H and O–H groups in total. The summed E-state index contributed by atoms with van der Waals surface area (Å²) >= 11 is 5.86. The zero-order chi connectivity index (χ0) is 15.7. The summed E-state index contributed by atoms with van der Waals surface area (Å²) in [6.45, 7) is 4.83. The minimum absolute atomic E-state index is 0.0154. The van der Waals surface area contributed by atoms with Crippen LogP contribution in [0.25, 0.3) is 0 Å². The number of nitrogens with one attached hydrogen (secondary N) is 1. The Labute approximate surface area is 131 Å². The Morgan fingerprint density at radius 3 is 2.62 bits per heavy atom. The van der Waals surface area contributed by atoms with Gasteiger partial charge in [0, 0.05) is 37.1 Å². The number of nitrogens with zero attached hydrogens (tertiary/aromatic N) is 1. The lowest BCUT2D eigenvalue weighted by molar-refractivity contribution is -0.129. The number of rotatable bonds is 8. The Morgan fingerprint density at radius 1 is 1.24 bits per heavy atom. The van der Waals surface area contributed by atoms with Gasteiger partial charge in [-0.25, -0.2) is 0 Å². The van der Waals surface area contributed by atoms with E-state index < -0.39 is 0 Å². The number of hydrogen-bond donors (Lipinski definition) is 1. The molecule has 21 heavy (non-hydrogen) atoms. The smallest absolute Gasteiger partial charge is 0.226 e. The maximum atomic E-state index is 11.9. The van der Waals surface area contributed by atoms with Crippen molar-refractivity contribution < 1.29 is 9.59 Å². The van der Waals surface area contributed by atoms with E-state index in [1.807, 2.05) is 0 Å². The van der Waals surface area contributed by atoms with E-state index in [1.54, 1.807) is 36.1 Å². The Balaban J connectivity index is 2.40. The third kappa shape index (κ3) is 7.14. The normalized spacial score (nSPS) is 10.2. The van der Waals surface area contributed by atoms with Crippen LogP contribution in [0.15, 0.2) is 24.3 Å². The average Bonchev–Trinajstić information content (AvgIpc) is 2.42. The minimum Gasteiger partial charge on any atom is -0.342 e. The number of amides is 2. The molecule has 1 aromatic carbocycles. The van der Waals surface area contributed by atoms with Crippen molar-refractivity contribution in [2.75, 3.05) is 18.4 Å². The van der Waals surface area contributed by atoms with Gasteiger partial charge in [0.15, 0.2) is 0 Å². The van der Waals surface area contributed by atoms with E-state index in [0.29, 0.717) is 23.8 Å². The van der Waals surface area contributed by atoms with E-state index in [1.165, 1.54) is 0 Å². The number of unbranched alkanes of at least 4 members (excludes halogenated alkanes) is 2. The van der Waals surface area contributed by atoms with Crippen molar-refractivity contribution in [3.8, 4) is 0 Å². The molecule has 0 bridgehead atoms. The molecule has 0 saturated carbocycles. The summed E-state index contributed by atoms with van der Waals surface area (Å²) in [5.41, 5.74) is 0.674. The van der Waals surface area contributed by atoms with Gasteiger partial charge in [-0.2, -0.15) is 0 Å². The third-order valence-electron chi connectivity index (χ3n) is 3.19. The maximum absolute atomic E-state index is 11.9. The van der Waals surface area contributed by atoms with Crippen molar-refractivity contribution in [3.63, 3.8) is 0 Å². The van der Waals surface area contributed by atoms with E-state index in [-0.39, 0.29) is 18.2 Å². The SMILES string of the molecule is CCCCCN(CCC(=O)Nc1cccc(Cl)c1)C(C)=O. The van der Waals surface area contributed by atoms with Gasteiger partial charge >= 0.3 is 0 Å². The van der Waals surface area contributed by atoms with Gasteiger partial charge in [-0.1, -0.05) is 37.4 Å². The summed E-state index contributed by atoms with van der Waals surface area (Å²) in [4.78, 5) is 25.1. The number of carbonyl (C=O) groups excluding carboxylic acids is 2. The first kappa shape index (κ1) is 17.5. The molecule has 0 aliphatic carbocycles. The Bertz CT molecular complexity index is 477. The second-order valence-corrected chi connectivity index (χ2v) is 5.46. The highest BCUT2D eigenvalue weighted by atomic mass is 35.5. The molecule has 0 radical (unpaired) electrons. The average molecular weight is 311 g/mol. The molecule has 1 rings (SSSR count). The van der Waals surface area contributed by atoms with Crippen molar-refractivity contribution in [3.05, 3.63) is 29.3 Å². The molecule has 0 saturated heterocycles. The molecular weight excluding hydrogens is 288 g/mol. The zero-order valence-corrected chi connectivity index (χ0v) is 13.4. The molecule has 0 unspecified atom stereocenters. The molecular formula is C16H23ClN2O2. The first-order valence-corrected chi connectivity index (χ1v) is 7.71. The maximum Gasteiger partial charge on any atom is 0.226 e. The molecule has 0 fully saturated rings. The van der Waals surface area contributed by atoms with E-state index in [9.17, 15) is 9.59 Å². The number of benzene rings is 1. The molecule has 0 spiro atoms. The Morgan fingerprint density at radius 2 is 2.00 bits per heavy atom. The molecule has 2 amide bonds. The molecule has 4 nitrogen and oxygen atoms in total. The van der Waals surface area contributed by atoms with Crippen LogP contribution in [-0.4, -0.2) is 29.8 Å². The van der Waals surface area contributed by atoms with Gasteiger partial charge in [0.25, 0.3) is 0 Å². The van der Waals surface area contributed by atoms with E-state index in [2.05, 4.69) is 12.2 Å². The van der Waals surface area contributed by atoms with Crippen molar-refractivity contribution in [2.24, 2.45) is 0 Å². The van der Waals surface area contributed by atoms with E-state index in [0.717, 1.165) is 19.3 Å². The number of hydrogen-bond acceptors (Lipinski definition) is 2. The summed E-state index contributed by atoms with van der Waals surface area (Å²) in [6, 6.07) is 7.02. The van der Waals surface area contributed by atoms with Gasteiger partial charge in [0.2, 0.25) is 11.8 Å². The summed E-state index contributed by atoms with van der Waals surface area (Å²) < 4.78 is 0.